The molecule has 2 amide bonds. The fourth-order valence-electron chi connectivity index (χ4n) is 2.47. The SMILES string of the molecule is C#C/C=C(\C=C/C)CNC(=O)Cc1ccc(NC(=O)c2cccc(Cl)c2)cc1. The molecule has 4 nitrogen and oxygen atoms in total. The van der Waals surface area contributed by atoms with E-state index in [1.807, 2.05) is 19.1 Å². The first kappa shape index (κ1) is 21.0. The van der Waals surface area contributed by atoms with Crippen molar-refractivity contribution in [1.82, 2.24) is 5.32 Å². The number of benzene rings is 2. The van der Waals surface area contributed by atoms with Gasteiger partial charge in [0.05, 0.1) is 6.42 Å². The molecule has 0 spiro atoms. The van der Waals surface area contributed by atoms with E-state index < -0.39 is 0 Å². The van der Waals surface area contributed by atoms with Gasteiger partial charge in [-0.1, -0.05) is 47.9 Å². The van der Waals surface area contributed by atoms with Gasteiger partial charge in [0.1, 0.15) is 0 Å². The minimum absolute atomic E-state index is 0.108. The first-order chi connectivity index (χ1) is 13.5. The van der Waals surface area contributed by atoms with Gasteiger partial charge in [-0.15, -0.1) is 6.42 Å². The maximum absolute atomic E-state index is 12.2. The van der Waals surface area contributed by atoms with Crippen molar-refractivity contribution < 1.29 is 9.59 Å². The largest absolute Gasteiger partial charge is 0.352 e. The summed E-state index contributed by atoms with van der Waals surface area (Å²) in [5, 5.41) is 6.14. The van der Waals surface area contributed by atoms with Gasteiger partial charge in [0.2, 0.25) is 5.91 Å². The summed E-state index contributed by atoms with van der Waals surface area (Å²) < 4.78 is 0. The van der Waals surface area contributed by atoms with E-state index in [0.717, 1.165) is 11.1 Å². The molecule has 0 heterocycles. The third-order valence-corrected chi connectivity index (χ3v) is 4.04. The van der Waals surface area contributed by atoms with Gasteiger partial charge in [0.25, 0.3) is 5.91 Å². The van der Waals surface area contributed by atoms with Crippen LogP contribution in [0.2, 0.25) is 5.02 Å². The average molecular weight is 393 g/mol. The van der Waals surface area contributed by atoms with E-state index >= 15 is 0 Å². The Kier molecular flexibility index (Phi) is 8.08. The molecule has 0 aromatic heterocycles. The van der Waals surface area contributed by atoms with Crippen molar-refractivity contribution in [2.75, 3.05) is 11.9 Å². The highest BCUT2D eigenvalue weighted by molar-refractivity contribution is 6.31. The van der Waals surface area contributed by atoms with Gasteiger partial charge in [0, 0.05) is 22.8 Å². The van der Waals surface area contributed by atoms with E-state index in [1.54, 1.807) is 54.6 Å². The van der Waals surface area contributed by atoms with Crippen molar-refractivity contribution in [1.29, 1.82) is 0 Å². The van der Waals surface area contributed by atoms with Gasteiger partial charge in [-0.25, -0.2) is 0 Å². The molecule has 142 valence electrons. The maximum atomic E-state index is 12.2. The van der Waals surface area contributed by atoms with Crippen LogP contribution in [0.4, 0.5) is 5.69 Å². The molecular formula is C23H21ClN2O2. The number of allylic oxidation sites excluding steroid dienone is 2. The lowest BCUT2D eigenvalue weighted by Crippen LogP contribution is -2.26. The first-order valence-corrected chi connectivity index (χ1v) is 9.10. The molecule has 28 heavy (non-hydrogen) atoms. The first-order valence-electron chi connectivity index (χ1n) is 8.72. The second kappa shape index (κ2) is 10.8. The lowest BCUT2D eigenvalue weighted by Gasteiger charge is -2.08. The van der Waals surface area contributed by atoms with Crippen LogP contribution in [-0.2, 0) is 11.2 Å². The topological polar surface area (TPSA) is 58.2 Å². The Labute approximate surface area is 170 Å². The monoisotopic (exact) mass is 392 g/mol. The van der Waals surface area contributed by atoms with E-state index in [9.17, 15) is 9.59 Å². The standard InChI is InChI=1S/C23H21ClN2O2/c1-3-6-18(7-4-2)16-25-22(27)14-17-10-12-21(13-11-17)26-23(28)19-8-5-9-20(24)15-19/h1,4-13,15H,14,16H2,2H3,(H,25,27)(H,26,28)/b7-4-,18-6+. The Hall–Kier alpha value is -3.29. The van der Waals surface area contributed by atoms with Crippen molar-refractivity contribution in [2.45, 2.75) is 13.3 Å². The summed E-state index contributed by atoms with van der Waals surface area (Å²) in [7, 11) is 0. The van der Waals surface area contributed by atoms with Gasteiger partial charge in [-0.2, -0.15) is 0 Å². The van der Waals surface area contributed by atoms with Crippen LogP contribution in [0.15, 0.2) is 72.3 Å². The summed E-state index contributed by atoms with van der Waals surface area (Å²) in [5.74, 6) is 2.10. The summed E-state index contributed by atoms with van der Waals surface area (Å²) in [4.78, 5) is 24.3. The van der Waals surface area contributed by atoms with Crippen molar-refractivity contribution >= 4 is 29.1 Å². The van der Waals surface area contributed by atoms with Crippen LogP contribution in [0.5, 0.6) is 0 Å². The molecule has 2 rings (SSSR count). The number of anilines is 1. The second-order valence-corrected chi connectivity index (χ2v) is 6.44. The van der Waals surface area contributed by atoms with E-state index in [-0.39, 0.29) is 18.2 Å². The Bertz CT molecular complexity index is 938. The van der Waals surface area contributed by atoms with E-state index in [4.69, 9.17) is 18.0 Å². The molecule has 0 saturated heterocycles. The zero-order valence-corrected chi connectivity index (χ0v) is 16.3. The minimum atomic E-state index is -0.246. The predicted octanol–water partition coefficient (Wildman–Crippen LogP) is 4.39. The van der Waals surface area contributed by atoms with Crippen molar-refractivity contribution in [2.24, 2.45) is 0 Å². The summed E-state index contributed by atoms with van der Waals surface area (Å²) in [5.41, 5.74) is 2.82. The second-order valence-electron chi connectivity index (χ2n) is 6.00. The number of nitrogens with one attached hydrogen (secondary N) is 2. The molecule has 0 bridgehead atoms. The molecule has 0 atom stereocenters. The van der Waals surface area contributed by atoms with Gasteiger partial charge in [-0.3, -0.25) is 9.59 Å². The lowest BCUT2D eigenvalue weighted by molar-refractivity contribution is -0.120. The average Bonchev–Trinajstić information content (AvgIpc) is 2.68. The zero-order chi connectivity index (χ0) is 20.4. The van der Waals surface area contributed by atoms with Crippen molar-refractivity contribution in [3.63, 3.8) is 0 Å². The van der Waals surface area contributed by atoms with E-state index in [1.165, 1.54) is 0 Å². The van der Waals surface area contributed by atoms with Gasteiger partial charge in [-0.05, 0) is 54.5 Å². The molecule has 2 N–H and O–H groups in total. The Morgan fingerprint density at radius 2 is 1.93 bits per heavy atom. The Morgan fingerprint density at radius 1 is 1.18 bits per heavy atom. The van der Waals surface area contributed by atoms with E-state index in [2.05, 4.69) is 16.6 Å². The van der Waals surface area contributed by atoms with Crippen LogP contribution in [0.1, 0.15) is 22.8 Å². The van der Waals surface area contributed by atoms with Crippen LogP contribution >= 0.6 is 11.6 Å². The third-order valence-electron chi connectivity index (χ3n) is 3.80. The van der Waals surface area contributed by atoms with E-state index in [0.29, 0.717) is 22.8 Å². The molecule has 2 aromatic carbocycles. The number of hydrogen-bond acceptors (Lipinski definition) is 2. The Balaban J connectivity index is 1.90. The van der Waals surface area contributed by atoms with Gasteiger partial charge < -0.3 is 10.6 Å². The van der Waals surface area contributed by atoms with Crippen LogP contribution in [0, 0.1) is 12.3 Å². The lowest BCUT2D eigenvalue weighted by atomic mass is 10.1. The van der Waals surface area contributed by atoms with Crippen LogP contribution in [0.3, 0.4) is 0 Å². The maximum Gasteiger partial charge on any atom is 0.255 e. The fraction of sp³-hybridized carbons (Fsp3) is 0.130. The van der Waals surface area contributed by atoms with Crippen LogP contribution in [0.25, 0.3) is 0 Å². The highest BCUT2D eigenvalue weighted by atomic mass is 35.5. The normalized spacial score (nSPS) is 11.1. The molecule has 0 fully saturated rings. The third kappa shape index (κ3) is 6.79. The number of carbonyl (C=O) groups excluding carboxylic acids is 2. The highest BCUT2D eigenvalue weighted by Gasteiger charge is 2.08. The molecule has 2 aromatic rings. The molecule has 0 saturated carbocycles. The van der Waals surface area contributed by atoms with Crippen LogP contribution < -0.4 is 10.6 Å². The highest BCUT2D eigenvalue weighted by Crippen LogP contribution is 2.14. The summed E-state index contributed by atoms with van der Waals surface area (Å²) in [6.07, 6.45) is 10.9. The molecule has 0 aliphatic carbocycles. The number of terminal acetylenes is 1. The smallest absolute Gasteiger partial charge is 0.255 e. The quantitative estimate of drug-likeness (QED) is 0.542. The number of halogens is 1. The zero-order valence-electron chi connectivity index (χ0n) is 15.5. The molecule has 0 radical (unpaired) electrons. The molecule has 0 aliphatic rings. The Morgan fingerprint density at radius 3 is 2.57 bits per heavy atom. The molecule has 5 heteroatoms. The molecule has 0 aliphatic heterocycles. The van der Waals surface area contributed by atoms with Gasteiger partial charge >= 0.3 is 0 Å². The number of rotatable bonds is 7. The molecular weight excluding hydrogens is 372 g/mol. The number of hydrogen-bond donors (Lipinski definition) is 2. The summed E-state index contributed by atoms with van der Waals surface area (Å²) in [6.45, 7) is 2.26. The van der Waals surface area contributed by atoms with Crippen molar-refractivity contribution in [3.05, 3.63) is 88.5 Å². The minimum Gasteiger partial charge on any atom is -0.352 e. The predicted molar refractivity (Wildman–Crippen MR) is 114 cm³/mol. The summed E-state index contributed by atoms with van der Waals surface area (Å²) >= 11 is 5.91. The summed E-state index contributed by atoms with van der Waals surface area (Å²) in [6, 6.07) is 13.8. The number of carbonyl (C=O) groups is 2. The number of amides is 2. The van der Waals surface area contributed by atoms with Gasteiger partial charge in [0.15, 0.2) is 0 Å². The fourth-order valence-corrected chi connectivity index (χ4v) is 2.66. The van der Waals surface area contributed by atoms with Crippen LogP contribution in [-0.4, -0.2) is 18.4 Å². The van der Waals surface area contributed by atoms with Crippen molar-refractivity contribution in [3.8, 4) is 12.3 Å². The molecule has 0 unspecified atom stereocenters.